The highest BCUT2D eigenvalue weighted by Gasteiger charge is 1.94. The van der Waals surface area contributed by atoms with E-state index in [0.717, 1.165) is 31.2 Å². The number of hydrogen-bond donors (Lipinski definition) is 4. The first-order valence-corrected chi connectivity index (χ1v) is 8.57. The van der Waals surface area contributed by atoms with Crippen molar-refractivity contribution in [3.05, 3.63) is 36.4 Å². The smallest absolute Gasteiger partial charge is 0.120 e. The first kappa shape index (κ1) is 23.6. The van der Waals surface area contributed by atoms with E-state index in [1.54, 1.807) is 12.4 Å². The van der Waals surface area contributed by atoms with E-state index in [4.69, 9.17) is 0 Å². The zero-order valence-electron chi connectivity index (χ0n) is 15.9. The molecule has 0 saturated heterocycles. The molecule has 2 rings (SSSR count). The monoisotopic (exact) mass is 324 g/mol. The van der Waals surface area contributed by atoms with Crippen molar-refractivity contribution in [1.29, 1.82) is 0 Å². The molecule has 23 heavy (non-hydrogen) atoms. The van der Waals surface area contributed by atoms with Crippen LogP contribution in [0.2, 0.25) is 0 Å². The SMILES string of the molecule is CC.CC.CC(C)NCCc1ncc[nH]1.CNCc1ncc[nH]1. The molecule has 0 atom stereocenters. The number of nitrogens with one attached hydrogen (secondary N) is 4. The number of hydrogen-bond acceptors (Lipinski definition) is 4. The summed E-state index contributed by atoms with van der Waals surface area (Å²) in [7, 11) is 1.89. The van der Waals surface area contributed by atoms with Crippen LogP contribution in [0.3, 0.4) is 0 Å². The quantitative estimate of drug-likeness (QED) is 0.658. The molecule has 0 spiro atoms. The maximum atomic E-state index is 4.12. The standard InChI is InChI=1S/C8H15N3.C5H9N3.2C2H6/c1-7(2)9-4-3-8-10-5-6-11-8;1-6-4-5-7-2-3-8-5;2*1-2/h5-7,9H,3-4H2,1-2H3,(H,10,11);2-3,6H,4H2,1H3,(H,7,8);2*1-2H3. The maximum absolute atomic E-state index is 4.12. The molecule has 6 heteroatoms. The van der Waals surface area contributed by atoms with Gasteiger partial charge in [-0.15, -0.1) is 0 Å². The van der Waals surface area contributed by atoms with E-state index in [1.807, 2.05) is 47.1 Å². The van der Waals surface area contributed by atoms with Crippen molar-refractivity contribution >= 4 is 0 Å². The Morgan fingerprint density at radius 1 is 0.957 bits per heavy atom. The Hall–Kier alpha value is -1.66. The van der Waals surface area contributed by atoms with Gasteiger partial charge in [-0.2, -0.15) is 0 Å². The van der Waals surface area contributed by atoms with Gasteiger partial charge in [-0.3, -0.25) is 0 Å². The predicted molar refractivity (Wildman–Crippen MR) is 99.5 cm³/mol. The Kier molecular flexibility index (Phi) is 18.9. The summed E-state index contributed by atoms with van der Waals surface area (Å²) in [6, 6.07) is 0.560. The fraction of sp³-hybridized carbons (Fsp3) is 0.647. The van der Waals surface area contributed by atoms with Gasteiger partial charge < -0.3 is 20.6 Å². The highest BCUT2D eigenvalue weighted by atomic mass is 15.0. The van der Waals surface area contributed by atoms with Gasteiger partial charge in [-0.25, -0.2) is 9.97 Å². The molecule has 2 heterocycles. The van der Waals surface area contributed by atoms with E-state index in [-0.39, 0.29) is 0 Å². The molecule has 2 aromatic rings. The van der Waals surface area contributed by atoms with Crippen molar-refractivity contribution in [2.24, 2.45) is 0 Å². The Morgan fingerprint density at radius 2 is 1.48 bits per heavy atom. The molecule has 0 fully saturated rings. The third kappa shape index (κ3) is 15.0. The molecule has 2 aromatic heterocycles. The first-order valence-electron chi connectivity index (χ1n) is 8.57. The van der Waals surface area contributed by atoms with Crippen molar-refractivity contribution in [2.75, 3.05) is 13.6 Å². The molecule has 4 N–H and O–H groups in total. The molecule has 0 saturated carbocycles. The summed E-state index contributed by atoms with van der Waals surface area (Å²) < 4.78 is 0. The highest BCUT2D eigenvalue weighted by Crippen LogP contribution is 1.88. The van der Waals surface area contributed by atoms with Gasteiger partial charge in [0.25, 0.3) is 0 Å². The third-order valence-corrected chi connectivity index (χ3v) is 2.37. The van der Waals surface area contributed by atoms with E-state index in [2.05, 4.69) is 44.4 Å². The lowest BCUT2D eigenvalue weighted by molar-refractivity contribution is 0.584. The van der Waals surface area contributed by atoms with Crippen LogP contribution in [-0.4, -0.2) is 39.6 Å². The highest BCUT2D eigenvalue weighted by molar-refractivity contribution is 4.87. The number of nitrogens with zero attached hydrogens (tertiary/aromatic N) is 2. The molecule has 0 amide bonds. The van der Waals surface area contributed by atoms with Gasteiger partial charge in [-0.1, -0.05) is 41.5 Å². The molecule has 134 valence electrons. The van der Waals surface area contributed by atoms with Crippen LogP contribution < -0.4 is 10.6 Å². The zero-order chi connectivity index (χ0) is 17.9. The second-order valence-electron chi connectivity index (χ2n) is 4.46. The van der Waals surface area contributed by atoms with E-state index in [1.165, 1.54) is 0 Å². The summed E-state index contributed by atoms with van der Waals surface area (Å²) in [4.78, 5) is 14.1. The van der Waals surface area contributed by atoms with Gasteiger partial charge in [0.1, 0.15) is 11.6 Å². The summed E-state index contributed by atoms with van der Waals surface area (Å²) in [5.41, 5.74) is 0. The van der Waals surface area contributed by atoms with Gasteiger partial charge in [0.05, 0.1) is 6.54 Å². The minimum absolute atomic E-state index is 0.560. The molecular weight excluding hydrogens is 288 g/mol. The van der Waals surface area contributed by atoms with Crippen LogP contribution in [0.4, 0.5) is 0 Å². The van der Waals surface area contributed by atoms with E-state index < -0.39 is 0 Å². The van der Waals surface area contributed by atoms with Gasteiger partial charge in [-0.05, 0) is 7.05 Å². The summed E-state index contributed by atoms with van der Waals surface area (Å²) >= 11 is 0. The van der Waals surface area contributed by atoms with Crippen LogP contribution in [0.5, 0.6) is 0 Å². The molecule has 0 unspecified atom stereocenters. The summed E-state index contributed by atoms with van der Waals surface area (Å²) in [5, 5.41) is 6.30. The average Bonchev–Trinajstić information content (AvgIpc) is 3.26. The molecule has 0 aliphatic heterocycles. The minimum atomic E-state index is 0.560. The van der Waals surface area contributed by atoms with Crippen LogP contribution >= 0.6 is 0 Å². The second-order valence-corrected chi connectivity index (χ2v) is 4.46. The second kappa shape index (κ2) is 18.4. The lowest BCUT2D eigenvalue weighted by atomic mass is 10.3. The van der Waals surface area contributed by atoms with Gasteiger partial charge in [0, 0.05) is 43.8 Å². The largest absolute Gasteiger partial charge is 0.349 e. The van der Waals surface area contributed by atoms with Gasteiger partial charge in [0.2, 0.25) is 0 Å². The van der Waals surface area contributed by atoms with Crippen molar-refractivity contribution in [3.8, 4) is 0 Å². The van der Waals surface area contributed by atoms with E-state index >= 15 is 0 Å². The van der Waals surface area contributed by atoms with Crippen molar-refractivity contribution in [1.82, 2.24) is 30.6 Å². The Labute approximate surface area is 141 Å². The van der Waals surface area contributed by atoms with Crippen LogP contribution in [0.1, 0.15) is 53.2 Å². The molecule has 0 aliphatic carbocycles. The normalized spacial score (nSPS) is 9.04. The third-order valence-electron chi connectivity index (χ3n) is 2.37. The molecule has 0 radical (unpaired) electrons. The number of aromatic nitrogens is 4. The van der Waals surface area contributed by atoms with E-state index in [9.17, 15) is 0 Å². The minimum Gasteiger partial charge on any atom is -0.349 e. The number of imidazole rings is 2. The molecule has 6 nitrogen and oxygen atoms in total. The summed E-state index contributed by atoms with van der Waals surface area (Å²) in [6.45, 7) is 14.1. The summed E-state index contributed by atoms with van der Waals surface area (Å²) in [6.07, 6.45) is 8.17. The van der Waals surface area contributed by atoms with Gasteiger partial charge in [0.15, 0.2) is 0 Å². The lowest BCUT2D eigenvalue weighted by Crippen LogP contribution is -2.25. The number of rotatable bonds is 6. The van der Waals surface area contributed by atoms with Crippen LogP contribution in [0.25, 0.3) is 0 Å². The number of H-pyrrole nitrogens is 2. The van der Waals surface area contributed by atoms with E-state index in [0.29, 0.717) is 6.04 Å². The fourth-order valence-corrected chi connectivity index (χ4v) is 1.48. The van der Waals surface area contributed by atoms with Crippen molar-refractivity contribution in [2.45, 2.75) is 60.5 Å². The Morgan fingerprint density at radius 3 is 1.87 bits per heavy atom. The maximum Gasteiger partial charge on any atom is 0.120 e. The fourth-order valence-electron chi connectivity index (χ4n) is 1.48. The Balaban J connectivity index is 0. The Bertz CT molecular complexity index is 395. The van der Waals surface area contributed by atoms with Crippen LogP contribution in [0, 0.1) is 0 Å². The van der Waals surface area contributed by atoms with Crippen molar-refractivity contribution in [3.63, 3.8) is 0 Å². The molecule has 0 bridgehead atoms. The van der Waals surface area contributed by atoms with Gasteiger partial charge >= 0.3 is 0 Å². The molecular formula is C17H36N6. The number of aromatic amines is 2. The zero-order valence-corrected chi connectivity index (χ0v) is 15.9. The molecule has 0 aliphatic rings. The lowest BCUT2D eigenvalue weighted by Gasteiger charge is -2.05. The first-order chi connectivity index (χ1) is 11.2. The molecule has 0 aromatic carbocycles. The predicted octanol–water partition coefficient (Wildman–Crippen LogP) is 3.13. The summed E-state index contributed by atoms with van der Waals surface area (Å²) in [5.74, 6) is 2.03. The van der Waals surface area contributed by atoms with Crippen molar-refractivity contribution < 1.29 is 0 Å². The van der Waals surface area contributed by atoms with Crippen LogP contribution in [-0.2, 0) is 13.0 Å². The van der Waals surface area contributed by atoms with Crippen LogP contribution in [0.15, 0.2) is 24.8 Å². The topological polar surface area (TPSA) is 81.4 Å². The average molecular weight is 325 g/mol.